The van der Waals surface area contributed by atoms with Crippen molar-refractivity contribution in [3.05, 3.63) is 29.6 Å². The van der Waals surface area contributed by atoms with Crippen LogP contribution in [0.2, 0.25) is 0 Å². The molecule has 3 amide bonds. The molecule has 1 aromatic rings. The van der Waals surface area contributed by atoms with E-state index in [2.05, 4.69) is 5.32 Å². The van der Waals surface area contributed by atoms with Crippen LogP contribution in [0.15, 0.2) is 18.2 Å². The number of urea groups is 1. The minimum Gasteiger partial charge on any atom is -0.291 e. The Morgan fingerprint density at radius 1 is 1.41 bits per heavy atom. The zero-order valence-electron chi connectivity index (χ0n) is 9.50. The van der Waals surface area contributed by atoms with E-state index in [9.17, 15) is 14.0 Å². The molecule has 1 aliphatic rings. The first-order valence-corrected chi connectivity index (χ1v) is 5.51. The largest absolute Gasteiger partial charge is 0.328 e. The number of hydrogen-bond acceptors (Lipinski definition) is 2. The van der Waals surface area contributed by atoms with E-state index in [-0.39, 0.29) is 24.6 Å². The zero-order valence-corrected chi connectivity index (χ0v) is 9.50. The van der Waals surface area contributed by atoms with Gasteiger partial charge in [0, 0.05) is 13.0 Å². The van der Waals surface area contributed by atoms with Crippen LogP contribution in [0.1, 0.15) is 18.9 Å². The summed E-state index contributed by atoms with van der Waals surface area (Å²) in [5, 5.41) is 2.17. The maximum atomic E-state index is 13.7. The molecule has 1 N–H and O–H groups in total. The molecule has 0 radical (unpaired) electrons. The van der Waals surface area contributed by atoms with Gasteiger partial charge in [0.1, 0.15) is 5.82 Å². The highest BCUT2D eigenvalue weighted by Crippen LogP contribution is 2.23. The van der Waals surface area contributed by atoms with Crippen molar-refractivity contribution in [3.8, 4) is 0 Å². The molecule has 0 aliphatic carbocycles. The minimum absolute atomic E-state index is 0.196. The average molecular weight is 236 g/mol. The lowest BCUT2D eigenvalue weighted by Gasteiger charge is -2.27. The number of anilines is 1. The maximum absolute atomic E-state index is 13.7. The number of imide groups is 1. The molecular weight excluding hydrogens is 223 g/mol. The van der Waals surface area contributed by atoms with Gasteiger partial charge in [0.05, 0.1) is 5.69 Å². The molecule has 0 unspecified atom stereocenters. The Labute approximate surface area is 98.4 Å². The van der Waals surface area contributed by atoms with Crippen molar-refractivity contribution in [2.75, 3.05) is 11.4 Å². The Morgan fingerprint density at radius 2 is 2.18 bits per heavy atom. The lowest BCUT2D eigenvalue weighted by Crippen LogP contribution is -2.49. The molecule has 1 aromatic carbocycles. The highest BCUT2D eigenvalue weighted by atomic mass is 19.1. The van der Waals surface area contributed by atoms with E-state index in [1.165, 1.54) is 11.0 Å². The third kappa shape index (κ3) is 2.27. The predicted octanol–water partition coefficient (Wildman–Crippen LogP) is 1.83. The van der Waals surface area contributed by atoms with Crippen LogP contribution in [-0.4, -0.2) is 18.5 Å². The summed E-state index contributed by atoms with van der Waals surface area (Å²) in [5.74, 6) is -0.773. The number of benzene rings is 1. The second-order valence-corrected chi connectivity index (χ2v) is 3.89. The quantitative estimate of drug-likeness (QED) is 0.851. The fourth-order valence-electron chi connectivity index (χ4n) is 1.78. The van der Waals surface area contributed by atoms with Crippen LogP contribution in [-0.2, 0) is 11.2 Å². The van der Waals surface area contributed by atoms with Crippen LogP contribution in [0.4, 0.5) is 14.9 Å². The van der Waals surface area contributed by atoms with Gasteiger partial charge in [-0.25, -0.2) is 9.18 Å². The summed E-state index contributed by atoms with van der Waals surface area (Å²) in [4.78, 5) is 23.9. The van der Waals surface area contributed by atoms with Gasteiger partial charge in [-0.3, -0.25) is 15.0 Å². The standard InChI is InChI=1S/C12H13FN2O2/c1-2-8-3-4-9(13)10(7-8)15-6-5-11(16)14-12(15)17/h3-4,7H,2,5-6H2,1H3,(H,14,16,17). The highest BCUT2D eigenvalue weighted by molar-refractivity contribution is 6.05. The maximum Gasteiger partial charge on any atom is 0.328 e. The van der Waals surface area contributed by atoms with Crippen molar-refractivity contribution in [1.29, 1.82) is 0 Å². The molecule has 17 heavy (non-hydrogen) atoms. The molecule has 0 aromatic heterocycles. The molecular formula is C12H13FN2O2. The van der Waals surface area contributed by atoms with Crippen LogP contribution in [0.3, 0.4) is 0 Å². The van der Waals surface area contributed by atoms with Crippen molar-refractivity contribution < 1.29 is 14.0 Å². The molecule has 5 heteroatoms. The van der Waals surface area contributed by atoms with Crippen LogP contribution in [0.25, 0.3) is 0 Å². The number of nitrogens with one attached hydrogen (secondary N) is 1. The van der Waals surface area contributed by atoms with E-state index >= 15 is 0 Å². The molecule has 4 nitrogen and oxygen atoms in total. The number of carbonyl (C=O) groups excluding carboxylic acids is 2. The number of aryl methyl sites for hydroxylation is 1. The third-order valence-electron chi connectivity index (χ3n) is 2.76. The number of carbonyl (C=O) groups is 2. The van der Waals surface area contributed by atoms with E-state index in [1.807, 2.05) is 6.92 Å². The van der Waals surface area contributed by atoms with Gasteiger partial charge in [-0.2, -0.15) is 0 Å². The first kappa shape index (κ1) is 11.6. The van der Waals surface area contributed by atoms with Crippen molar-refractivity contribution >= 4 is 17.6 Å². The number of amides is 3. The smallest absolute Gasteiger partial charge is 0.291 e. The van der Waals surface area contributed by atoms with Crippen molar-refractivity contribution in [2.24, 2.45) is 0 Å². The van der Waals surface area contributed by atoms with Gasteiger partial charge in [-0.1, -0.05) is 13.0 Å². The second-order valence-electron chi connectivity index (χ2n) is 3.89. The Bertz CT molecular complexity index is 474. The van der Waals surface area contributed by atoms with Gasteiger partial charge < -0.3 is 0 Å². The summed E-state index contributed by atoms with van der Waals surface area (Å²) in [5.41, 5.74) is 1.18. The number of nitrogens with zero attached hydrogens (tertiary/aromatic N) is 1. The van der Waals surface area contributed by atoms with Crippen molar-refractivity contribution in [3.63, 3.8) is 0 Å². The van der Waals surface area contributed by atoms with Crippen LogP contribution >= 0.6 is 0 Å². The second kappa shape index (κ2) is 4.53. The molecule has 1 fully saturated rings. The fourth-order valence-corrected chi connectivity index (χ4v) is 1.78. The molecule has 1 heterocycles. The van der Waals surface area contributed by atoms with Gasteiger partial charge in [-0.15, -0.1) is 0 Å². The van der Waals surface area contributed by atoms with Crippen LogP contribution in [0, 0.1) is 5.82 Å². The van der Waals surface area contributed by atoms with Gasteiger partial charge in [0.2, 0.25) is 5.91 Å². The predicted molar refractivity (Wildman–Crippen MR) is 61.3 cm³/mol. The SMILES string of the molecule is CCc1ccc(F)c(N2CCC(=O)NC2=O)c1. The Kier molecular flexibility index (Phi) is 3.08. The monoisotopic (exact) mass is 236 g/mol. The summed E-state index contributed by atoms with van der Waals surface area (Å²) >= 11 is 0. The summed E-state index contributed by atoms with van der Waals surface area (Å²) in [6.07, 6.45) is 0.962. The zero-order chi connectivity index (χ0) is 12.4. The summed E-state index contributed by atoms with van der Waals surface area (Å²) in [6, 6.07) is 4.11. The topological polar surface area (TPSA) is 49.4 Å². The lowest BCUT2D eigenvalue weighted by atomic mass is 10.1. The summed E-state index contributed by atoms with van der Waals surface area (Å²) in [6.45, 7) is 2.17. The fraction of sp³-hybridized carbons (Fsp3) is 0.333. The van der Waals surface area contributed by atoms with E-state index in [0.717, 1.165) is 12.0 Å². The van der Waals surface area contributed by atoms with Crippen LogP contribution in [0.5, 0.6) is 0 Å². The molecule has 0 saturated carbocycles. The Balaban J connectivity index is 2.33. The summed E-state index contributed by atoms with van der Waals surface area (Å²) in [7, 11) is 0. The normalized spacial score (nSPS) is 16.0. The first-order valence-electron chi connectivity index (χ1n) is 5.51. The highest BCUT2D eigenvalue weighted by Gasteiger charge is 2.26. The molecule has 0 bridgehead atoms. The van der Waals surface area contributed by atoms with Gasteiger partial charge in [-0.05, 0) is 24.1 Å². The first-order chi connectivity index (χ1) is 8.11. The third-order valence-corrected chi connectivity index (χ3v) is 2.76. The van der Waals surface area contributed by atoms with Gasteiger partial charge >= 0.3 is 6.03 Å². The van der Waals surface area contributed by atoms with Crippen molar-refractivity contribution in [2.45, 2.75) is 19.8 Å². The number of rotatable bonds is 2. The molecule has 1 aliphatic heterocycles. The van der Waals surface area contributed by atoms with Crippen LogP contribution < -0.4 is 10.2 Å². The van der Waals surface area contributed by atoms with Gasteiger partial charge in [0.25, 0.3) is 0 Å². The summed E-state index contributed by atoms with van der Waals surface area (Å²) < 4.78 is 13.7. The Hall–Kier alpha value is -1.91. The molecule has 0 spiro atoms. The number of hydrogen-bond donors (Lipinski definition) is 1. The van der Waals surface area contributed by atoms with E-state index in [4.69, 9.17) is 0 Å². The van der Waals surface area contributed by atoms with E-state index in [1.54, 1.807) is 12.1 Å². The van der Waals surface area contributed by atoms with E-state index < -0.39 is 11.8 Å². The lowest BCUT2D eigenvalue weighted by molar-refractivity contribution is -0.120. The minimum atomic E-state index is -0.562. The van der Waals surface area contributed by atoms with E-state index in [0.29, 0.717) is 0 Å². The van der Waals surface area contributed by atoms with Crippen molar-refractivity contribution in [1.82, 2.24) is 5.32 Å². The average Bonchev–Trinajstić information content (AvgIpc) is 2.30. The molecule has 0 atom stereocenters. The van der Waals surface area contributed by atoms with Gasteiger partial charge in [0.15, 0.2) is 0 Å². The number of halogens is 1. The molecule has 2 rings (SSSR count). The molecule has 1 saturated heterocycles. The Morgan fingerprint density at radius 3 is 2.82 bits per heavy atom. The molecule has 90 valence electrons.